The van der Waals surface area contributed by atoms with Crippen molar-refractivity contribution in [2.75, 3.05) is 0 Å². The summed E-state index contributed by atoms with van der Waals surface area (Å²) in [5.74, 6) is -0.654. The van der Waals surface area contributed by atoms with E-state index in [1.54, 1.807) is 31.6 Å². The minimum Gasteiger partial charge on any atom is -0.478 e. The summed E-state index contributed by atoms with van der Waals surface area (Å²) in [7, 11) is 1.57. The Morgan fingerprint density at radius 3 is 2.90 bits per heavy atom. The molecule has 0 amide bonds. The highest BCUT2D eigenvalue weighted by molar-refractivity contribution is 7.17. The first-order valence-corrected chi connectivity index (χ1v) is 6.59. The Kier molecular flexibility index (Phi) is 2.83. The van der Waals surface area contributed by atoms with Crippen LogP contribution in [0.25, 0.3) is 21.6 Å². The zero-order valence-corrected chi connectivity index (χ0v) is 11.2. The van der Waals surface area contributed by atoms with Gasteiger partial charge in [-0.15, -0.1) is 11.3 Å². The summed E-state index contributed by atoms with van der Waals surface area (Å²) in [5.41, 5.74) is 0.336. The van der Waals surface area contributed by atoms with Gasteiger partial charge in [-0.05, 0) is 12.1 Å². The fourth-order valence-corrected chi connectivity index (χ4v) is 2.88. The largest absolute Gasteiger partial charge is 0.478 e. The fraction of sp³-hybridized carbons (Fsp3) is 0.0769. The normalized spacial score (nSPS) is 10.8. The van der Waals surface area contributed by atoms with Crippen LogP contribution in [0.2, 0.25) is 0 Å². The quantitative estimate of drug-likeness (QED) is 0.776. The molecule has 0 aliphatic heterocycles. The second-order valence-electron chi connectivity index (χ2n) is 4.18. The Morgan fingerprint density at radius 2 is 2.25 bits per heavy atom. The van der Waals surface area contributed by atoms with Gasteiger partial charge < -0.3 is 5.11 Å². The Bertz CT molecular complexity index is 868. The van der Waals surface area contributed by atoms with Crippen LogP contribution in [-0.2, 0) is 7.05 Å². The Labute approximate surface area is 117 Å². The van der Waals surface area contributed by atoms with Crippen molar-refractivity contribution in [1.82, 2.24) is 14.5 Å². The molecule has 100 valence electrons. The number of fused-ring (bicyclic) bond motifs is 1. The fourth-order valence-electron chi connectivity index (χ4n) is 1.98. The van der Waals surface area contributed by atoms with Crippen molar-refractivity contribution in [1.29, 1.82) is 0 Å². The van der Waals surface area contributed by atoms with E-state index in [0.717, 1.165) is 11.3 Å². The first kappa shape index (κ1) is 12.5. The maximum absolute atomic E-state index is 12.4. The maximum Gasteiger partial charge on any atom is 0.337 e. The summed E-state index contributed by atoms with van der Waals surface area (Å²) in [4.78, 5) is 32.3. The van der Waals surface area contributed by atoms with Crippen molar-refractivity contribution < 1.29 is 9.90 Å². The van der Waals surface area contributed by atoms with Crippen molar-refractivity contribution in [2.24, 2.45) is 7.05 Å². The van der Waals surface area contributed by atoms with Gasteiger partial charge >= 0.3 is 5.97 Å². The second kappa shape index (κ2) is 4.53. The molecule has 0 atom stereocenters. The number of nitrogens with zero attached hydrogens (tertiary/aromatic N) is 3. The molecule has 1 N–H and O–H groups in total. The van der Waals surface area contributed by atoms with Gasteiger partial charge in [0.25, 0.3) is 5.56 Å². The summed E-state index contributed by atoms with van der Waals surface area (Å²) in [6.45, 7) is 0. The summed E-state index contributed by atoms with van der Waals surface area (Å²) in [6, 6.07) is 3.55. The maximum atomic E-state index is 12.4. The highest BCUT2D eigenvalue weighted by atomic mass is 32.1. The molecule has 3 rings (SSSR count). The summed E-state index contributed by atoms with van der Waals surface area (Å²) >= 11 is 1.15. The number of carboxylic acid groups (broad SMARTS) is 1. The van der Waals surface area contributed by atoms with Crippen LogP contribution in [0.1, 0.15) is 10.4 Å². The third-order valence-electron chi connectivity index (χ3n) is 2.97. The Morgan fingerprint density at radius 1 is 1.45 bits per heavy atom. The van der Waals surface area contributed by atoms with Crippen LogP contribution in [0, 0.1) is 0 Å². The van der Waals surface area contributed by atoms with Gasteiger partial charge in [0, 0.05) is 30.4 Å². The molecule has 0 aromatic carbocycles. The van der Waals surface area contributed by atoms with Crippen molar-refractivity contribution in [2.45, 2.75) is 0 Å². The minimum absolute atomic E-state index is 0.00385. The number of aromatic carboxylic acids is 1. The molecule has 0 aliphatic rings. The van der Waals surface area contributed by atoms with Crippen LogP contribution in [0.4, 0.5) is 0 Å². The van der Waals surface area contributed by atoms with Crippen LogP contribution >= 0.6 is 11.3 Å². The van der Waals surface area contributed by atoms with Crippen molar-refractivity contribution >= 4 is 27.5 Å². The van der Waals surface area contributed by atoms with Gasteiger partial charge in [0.1, 0.15) is 10.7 Å². The van der Waals surface area contributed by atoms with E-state index in [0.29, 0.717) is 16.2 Å². The van der Waals surface area contributed by atoms with Crippen molar-refractivity contribution in [3.63, 3.8) is 0 Å². The molecule has 0 aliphatic carbocycles. The molecule has 20 heavy (non-hydrogen) atoms. The first-order chi connectivity index (χ1) is 9.59. The summed E-state index contributed by atoms with van der Waals surface area (Å²) < 4.78 is 1.35. The average Bonchev–Trinajstić information content (AvgIpc) is 2.88. The molecule has 3 aromatic heterocycles. The summed E-state index contributed by atoms with van der Waals surface area (Å²) in [5, 5.41) is 10.7. The van der Waals surface area contributed by atoms with Crippen LogP contribution in [0.3, 0.4) is 0 Å². The van der Waals surface area contributed by atoms with Gasteiger partial charge in [-0.1, -0.05) is 0 Å². The van der Waals surface area contributed by atoms with Gasteiger partial charge in [-0.2, -0.15) is 0 Å². The van der Waals surface area contributed by atoms with E-state index in [4.69, 9.17) is 5.11 Å². The minimum atomic E-state index is -1.12. The lowest BCUT2D eigenvalue weighted by atomic mass is 10.2. The third kappa shape index (κ3) is 1.79. The van der Waals surface area contributed by atoms with Crippen molar-refractivity contribution in [3.05, 3.63) is 45.8 Å². The van der Waals surface area contributed by atoms with Crippen molar-refractivity contribution in [3.8, 4) is 11.4 Å². The standard InChI is InChI=1S/C13H9N3O3S/c1-16-10(7-3-2-4-14-5-7)15-11-9(12(16)17)8(6-20-11)13(18)19/h2-6H,1H3,(H,18,19). The number of pyridine rings is 1. The number of hydrogen-bond donors (Lipinski definition) is 1. The van der Waals surface area contributed by atoms with E-state index in [1.165, 1.54) is 9.95 Å². The van der Waals surface area contributed by atoms with Crippen LogP contribution in [0.15, 0.2) is 34.7 Å². The Hall–Kier alpha value is -2.54. The third-order valence-corrected chi connectivity index (χ3v) is 3.84. The lowest BCUT2D eigenvalue weighted by Crippen LogP contribution is -2.21. The lowest BCUT2D eigenvalue weighted by Gasteiger charge is -2.07. The highest BCUT2D eigenvalue weighted by Gasteiger charge is 2.18. The Balaban J connectivity index is 2.37. The molecule has 0 fully saturated rings. The molecular weight excluding hydrogens is 278 g/mol. The number of thiophene rings is 1. The predicted octanol–water partition coefficient (Wildman–Crippen LogP) is 1.76. The molecular formula is C13H9N3O3S. The van der Waals surface area contributed by atoms with Gasteiger partial charge in [-0.3, -0.25) is 14.3 Å². The molecule has 0 bridgehead atoms. The number of carbonyl (C=O) groups is 1. The van der Waals surface area contributed by atoms with Gasteiger partial charge in [0.05, 0.1) is 10.9 Å². The SMILES string of the molecule is Cn1c(-c2cccnc2)nc2scc(C(=O)O)c2c1=O. The molecule has 0 unspecified atom stereocenters. The molecule has 0 saturated heterocycles. The number of hydrogen-bond acceptors (Lipinski definition) is 5. The van der Waals surface area contributed by atoms with Gasteiger partial charge in [0.15, 0.2) is 0 Å². The number of carboxylic acids is 1. The molecule has 0 saturated carbocycles. The lowest BCUT2D eigenvalue weighted by molar-refractivity contribution is 0.0699. The molecule has 0 radical (unpaired) electrons. The van der Waals surface area contributed by atoms with Gasteiger partial charge in [-0.25, -0.2) is 9.78 Å². The molecule has 0 spiro atoms. The zero-order chi connectivity index (χ0) is 14.3. The highest BCUT2D eigenvalue weighted by Crippen LogP contribution is 2.24. The smallest absolute Gasteiger partial charge is 0.337 e. The van der Waals surface area contributed by atoms with Crippen LogP contribution in [-0.4, -0.2) is 25.6 Å². The van der Waals surface area contributed by atoms with Gasteiger partial charge in [0.2, 0.25) is 0 Å². The monoisotopic (exact) mass is 287 g/mol. The molecule has 6 nitrogen and oxygen atoms in total. The first-order valence-electron chi connectivity index (χ1n) is 5.71. The van der Waals surface area contributed by atoms with E-state index in [-0.39, 0.29) is 16.5 Å². The molecule has 7 heteroatoms. The number of rotatable bonds is 2. The molecule has 3 heterocycles. The van der Waals surface area contributed by atoms with E-state index in [9.17, 15) is 9.59 Å². The van der Waals surface area contributed by atoms with Crippen LogP contribution in [0.5, 0.6) is 0 Å². The zero-order valence-electron chi connectivity index (χ0n) is 10.4. The average molecular weight is 287 g/mol. The van der Waals surface area contributed by atoms with Crippen LogP contribution < -0.4 is 5.56 Å². The second-order valence-corrected chi connectivity index (χ2v) is 5.03. The van der Waals surface area contributed by atoms with E-state index in [2.05, 4.69) is 9.97 Å². The number of aromatic nitrogens is 3. The topological polar surface area (TPSA) is 85.1 Å². The molecule has 3 aromatic rings. The van der Waals surface area contributed by atoms with E-state index in [1.807, 2.05) is 0 Å². The summed E-state index contributed by atoms with van der Waals surface area (Å²) in [6.07, 6.45) is 3.24. The van der Waals surface area contributed by atoms with E-state index < -0.39 is 5.97 Å². The van der Waals surface area contributed by atoms with E-state index >= 15 is 0 Å². The predicted molar refractivity (Wildman–Crippen MR) is 75.1 cm³/mol.